The Balaban J connectivity index is 3.68. The van der Waals surface area contributed by atoms with E-state index < -0.39 is 0 Å². The van der Waals surface area contributed by atoms with Gasteiger partial charge >= 0.3 is 5.97 Å². The van der Waals surface area contributed by atoms with Crippen LogP contribution in [0.3, 0.4) is 0 Å². The molecule has 62 valence electrons. The van der Waals surface area contributed by atoms with Gasteiger partial charge in [-0.3, -0.25) is 9.59 Å². The molecule has 0 saturated heterocycles. The quantitative estimate of drug-likeness (QED) is 0.347. The molecule has 0 rings (SSSR count). The van der Waals surface area contributed by atoms with Crippen LogP contribution < -0.4 is 0 Å². The second kappa shape index (κ2) is 5.65. The van der Waals surface area contributed by atoms with E-state index in [2.05, 4.69) is 4.74 Å². The monoisotopic (exact) mass is 156 g/mol. The number of esters is 1. The minimum absolute atomic E-state index is 0.179. The van der Waals surface area contributed by atoms with Gasteiger partial charge in [0.2, 0.25) is 0 Å². The zero-order valence-corrected chi connectivity index (χ0v) is 6.79. The van der Waals surface area contributed by atoms with Gasteiger partial charge in [0.25, 0.3) is 0 Å². The molecule has 0 aliphatic heterocycles. The lowest BCUT2D eigenvalue weighted by atomic mass is 10.3. The van der Waals surface area contributed by atoms with Crippen LogP contribution in [0.4, 0.5) is 0 Å². The first kappa shape index (κ1) is 9.88. The van der Waals surface area contributed by atoms with Crippen molar-refractivity contribution in [1.29, 1.82) is 0 Å². The minimum Gasteiger partial charge on any atom is -0.466 e. The van der Waals surface area contributed by atoms with Gasteiger partial charge in [0.15, 0.2) is 0 Å². The molecule has 11 heavy (non-hydrogen) atoms. The molecule has 0 amide bonds. The summed E-state index contributed by atoms with van der Waals surface area (Å²) in [4.78, 5) is 20.7. The Hall–Kier alpha value is -1.12. The SMILES string of the molecule is CCOC(=O)CC=C(C)C=O. The third-order valence-corrected chi connectivity index (χ3v) is 1.08. The van der Waals surface area contributed by atoms with E-state index in [1.54, 1.807) is 19.9 Å². The van der Waals surface area contributed by atoms with Crippen LogP contribution in [-0.2, 0) is 14.3 Å². The summed E-state index contributed by atoms with van der Waals surface area (Å²) in [6.45, 7) is 3.77. The molecular formula is C8H12O3. The van der Waals surface area contributed by atoms with Gasteiger partial charge in [-0.2, -0.15) is 0 Å². The molecule has 0 fully saturated rings. The highest BCUT2D eigenvalue weighted by molar-refractivity contribution is 5.76. The molecule has 0 aromatic rings. The highest BCUT2D eigenvalue weighted by Gasteiger charge is 1.96. The topological polar surface area (TPSA) is 43.4 Å². The molecular weight excluding hydrogens is 144 g/mol. The van der Waals surface area contributed by atoms with Crippen molar-refractivity contribution in [1.82, 2.24) is 0 Å². The van der Waals surface area contributed by atoms with Crippen molar-refractivity contribution in [3.05, 3.63) is 11.6 Å². The van der Waals surface area contributed by atoms with Crippen LogP contribution in [0.2, 0.25) is 0 Å². The Labute approximate surface area is 66.0 Å². The van der Waals surface area contributed by atoms with Crippen LogP contribution in [0.1, 0.15) is 20.3 Å². The average Bonchev–Trinajstić information content (AvgIpc) is 2.01. The maximum absolute atomic E-state index is 10.7. The summed E-state index contributed by atoms with van der Waals surface area (Å²) in [5.74, 6) is -0.297. The van der Waals surface area contributed by atoms with E-state index in [0.717, 1.165) is 0 Å². The van der Waals surface area contributed by atoms with Gasteiger partial charge in [0, 0.05) is 0 Å². The largest absolute Gasteiger partial charge is 0.466 e. The molecule has 0 aromatic carbocycles. The van der Waals surface area contributed by atoms with E-state index in [0.29, 0.717) is 18.5 Å². The van der Waals surface area contributed by atoms with E-state index in [-0.39, 0.29) is 12.4 Å². The van der Waals surface area contributed by atoms with Crippen LogP contribution in [-0.4, -0.2) is 18.9 Å². The Kier molecular flexibility index (Phi) is 5.07. The predicted molar refractivity (Wildman–Crippen MR) is 41.1 cm³/mol. The van der Waals surface area contributed by atoms with E-state index in [4.69, 9.17) is 0 Å². The number of carbonyl (C=O) groups excluding carboxylic acids is 2. The molecule has 0 aliphatic rings. The number of ether oxygens (including phenoxy) is 1. The van der Waals surface area contributed by atoms with Gasteiger partial charge in [0.1, 0.15) is 6.29 Å². The molecule has 0 aromatic heterocycles. The van der Waals surface area contributed by atoms with E-state index in [9.17, 15) is 9.59 Å². The predicted octanol–water partition coefficient (Wildman–Crippen LogP) is 1.08. The fourth-order valence-electron chi connectivity index (χ4n) is 0.512. The summed E-state index contributed by atoms with van der Waals surface area (Å²) >= 11 is 0. The molecule has 0 radical (unpaired) electrons. The zero-order chi connectivity index (χ0) is 8.69. The van der Waals surface area contributed by atoms with Crippen LogP contribution in [0, 0.1) is 0 Å². The Bertz CT molecular complexity index is 170. The normalized spacial score (nSPS) is 10.9. The summed E-state index contributed by atoms with van der Waals surface area (Å²) in [5, 5.41) is 0. The molecule has 0 heterocycles. The number of aldehydes is 1. The summed E-state index contributed by atoms with van der Waals surface area (Å²) in [6.07, 6.45) is 2.43. The molecule has 0 saturated carbocycles. The highest BCUT2D eigenvalue weighted by atomic mass is 16.5. The van der Waals surface area contributed by atoms with Crippen molar-refractivity contribution in [3.8, 4) is 0 Å². The second-order valence-electron chi connectivity index (χ2n) is 2.08. The molecule has 0 aliphatic carbocycles. The Morgan fingerprint density at radius 2 is 2.18 bits per heavy atom. The molecule has 0 bridgehead atoms. The molecule has 3 heteroatoms. The lowest BCUT2D eigenvalue weighted by molar-refractivity contribution is -0.142. The number of carbonyl (C=O) groups is 2. The number of hydrogen-bond donors (Lipinski definition) is 0. The summed E-state index contributed by atoms with van der Waals surface area (Å²) in [5.41, 5.74) is 0.554. The zero-order valence-electron chi connectivity index (χ0n) is 6.79. The van der Waals surface area contributed by atoms with Crippen LogP contribution in [0.15, 0.2) is 11.6 Å². The average molecular weight is 156 g/mol. The van der Waals surface area contributed by atoms with Crippen molar-refractivity contribution in [2.24, 2.45) is 0 Å². The molecule has 3 nitrogen and oxygen atoms in total. The summed E-state index contributed by atoms with van der Waals surface area (Å²) in [7, 11) is 0. The summed E-state index contributed by atoms with van der Waals surface area (Å²) in [6, 6.07) is 0. The van der Waals surface area contributed by atoms with E-state index in [1.165, 1.54) is 0 Å². The van der Waals surface area contributed by atoms with Crippen LogP contribution >= 0.6 is 0 Å². The lowest BCUT2D eigenvalue weighted by Gasteiger charge is -1.96. The Morgan fingerprint density at radius 1 is 1.55 bits per heavy atom. The number of hydrogen-bond acceptors (Lipinski definition) is 3. The second-order valence-corrected chi connectivity index (χ2v) is 2.08. The van der Waals surface area contributed by atoms with Crippen LogP contribution in [0.25, 0.3) is 0 Å². The van der Waals surface area contributed by atoms with Crippen molar-refractivity contribution >= 4 is 12.3 Å². The van der Waals surface area contributed by atoms with E-state index in [1.807, 2.05) is 0 Å². The van der Waals surface area contributed by atoms with Gasteiger partial charge in [-0.25, -0.2) is 0 Å². The van der Waals surface area contributed by atoms with Gasteiger partial charge in [-0.15, -0.1) is 0 Å². The number of rotatable bonds is 4. The fourth-order valence-corrected chi connectivity index (χ4v) is 0.512. The first-order valence-corrected chi connectivity index (χ1v) is 3.48. The highest BCUT2D eigenvalue weighted by Crippen LogP contribution is 1.93. The molecule has 0 spiro atoms. The van der Waals surface area contributed by atoms with Crippen LogP contribution in [0.5, 0.6) is 0 Å². The van der Waals surface area contributed by atoms with Gasteiger partial charge < -0.3 is 4.74 Å². The van der Waals surface area contributed by atoms with Crippen molar-refractivity contribution in [3.63, 3.8) is 0 Å². The molecule has 0 atom stereocenters. The van der Waals surface area contributed by atoms with E-state index >= 15 is 0 Å². The maximum atomic E-state index is 10.7. The van der Waals surface area contributed by atoms with Gasteiger partial charge in [-0.05, 0) is 19.4 Å². The Morgan fingerprint density at radius 3 is 2.64 bits per heavy atom. The third kappa shape index (κ3) is 5.33. The number of allylic oxidation sites excluding steroid dienone is 1. The standard InChI is InChI=1S/C8H12O3/c1-3-11-8(10)5-4-7(2)6-9/h4,6H,3,5H2,1-2H3. The van der Waals surface area contributed by atoms with Gasteiger partial charge in [-0.1, -0.05) is 6.08 Å². The molecule has 0 N–H and O–H groups in total. The van der Waals surface area contributed by atoms with Crippen molar-refractivity contribution in [2.75, 3.05) is 6.61 Å². The fraction of sp³-hybridized carbons (Fsp3) is 0.500. The maximum Gasteiger partial charge on any atom is 0.309 e. The first-order valence-electron chi connectivity index (χ1n) is 3.48. The minimum atomic E-state index is -0.297. The third-order valence-electron chi connectivity index (χ3n) is 1.08. The summed E-state index contributed by atoms with van der Waals surface area (Å²) < 4.78 is 4.64. The first-order chi connectivity index (χ1) is 5.20. The van der Waals surface area contributed by atoms with Crippen molar-refractivity contribution < 1.29 is 14.3 Å². The van der Waals surface area contributed by atoms with Crippen molar-refractivity contribution in [2.45, 2.75) is 20.3 Å². The lowest BCUT2D eigenvalue weighted by Crippen LogP contribution is -2.01. The van der Waals surface area contributed by atoms with Gasteiger partial charge in [0.05, 0.1) is 13.0 Å². The smallest absolute Gasteiger partial charge is 0.309 e. The molecule has 0 unspecified atom stereocenters.